The molecular formula is C15H21N3O3. The lowest BCUT2D eigenvalue weighted by molar-refractivity contribution is -0.138. The van der Waals surface area contributed by atoms with Gasteiger partial charge in [0.2, 0.25) is 0 Å². The fraction of sp³-hybridized carbons (Fsp3) is 0.467. The van der Waals surface area contributed by atoms with Crippen LogP contribution >= 0.6 is 0 Å². The molecule has 0 aromatic heterocycles. The zero-order valence-electron chi connectivity index (χ0n) is 12.5. The van der Waals surface area contributed by atoms with Gasteiger partial charge in [-0.25, -0.2) is 4.79 Å². The Morgan fingerprint density at radius 3 is 2.24 bits per heavy atom. The van der Waals surface area contributed by atoms with E-state index in [-0.39, 0.29) is 12.6 Å². The lowest BCUT2D eigenvalue weighted by Crippen LogP contribution is -2.53. The summed E-state index contributed by atoms with van der Waals surface area (Å²) in [5.74, 6) is -0.827. The van der Waals surface area contributed by atoms with Gasteiger partial charge in [-0.05, 0) is 19.1 Å². The zero-order chi connectivity index (χ0) is 15.4. The molecule has 1 fully saturated rings. The van der Waals surface area contributed by atoms with Gasteiger partial charge >= 0.3 is 12.0 Å². The van der Waals surface area contributed by atoms with E-state index < -0.39 is 5.97 Å². The molecule has 0 unspecified atom stereocenters. The van der Waals surface area contributed by atoms with E-state index in [4.69, 9.17) is 5.11 Å². The standard InChI is InChI=1S/C15H21N3O3/c1-12-3-5-13(6-4-12)16(2)15(21)18-9-7-17(8-10-18)11-14(19)20/h3-6H,7-11H2,1-2H3,(H,19,20). The van der Waals surface area contributed by atoms with E-state index in [1.165, 1.54) is 0 Å². The first-order valence-corrected chi connectivity index (χ1v) is 7.01. The number of aryl methyl sites for hydroxylation is 1. The molecule has 0 atom stereocenters. The van der Waals surface area contributed by atoms with Gasteiger partial charge in [0.05, 0.1) is 6.54 Å². The van der Waals surface area contributed by atoms with E-state index in [2.05, 4.69) is 0 Å². The fourth-order valence-corrected chi connectivity index (χ4v) is 2.38. The number of benzene rings is 1. The molecule has 6 heteroatoms. The number of carbonyl (C=O) groups is 2. The molecule has 1 aromatic carbocycles. The summed E-state index contributed by atoms with van der Waals surface area (Å²) in [7, 11) is 1.76. The second kappa shape index (κ2) is 6.58. The largest absolute Gasteiger partial charge is 0.480 e. The van der Waals surface area contributed by atoms with Crippen LogP contribution in [0.15, 0.2) is 24.3 Å². The molecule has 1 N–H and O–H groups in total. The van der Waals surface area contributed by atoms with Gasteiger partial charge in [-0.3, -0.25) is 14.6 Å². The Bertz CT molecular complexity index is 507. The molecule has 0 radical (unpaired) electrons. The quantitative estimate of drug-likeness (QED) is 0.910. The van der Waals surface area contributed by atoms with Crippen LogP contribution in [-0.2, 0) is 4.79 Å². The molecule has 6 nitrogen and oxygen atoms in total. The molecule has 0 saturated carbocycles. The molecule has 1 saturated heterocycles. The predicted octanol–water partition coefficient (Wildman–Crippen LogP) is 1.25. The summed E-state index contributed by atoms with van der Waals surface area (Å²) in [5, 5.41) is 8.77. The Morgan fingerprint density at radius 2 is 1.71 bits per heavy atom. The summed E-state index contributed by atoms with van der Waals surface area (Å²) in [6, 6.07) is 7.75. The first-order chi connectivity index (χ1) is 9.97. The average molecular weight is 291 g/mol. The maximum atomic E-state index is 12.4. The van der Waals surface area contributed by atoms with Gasteiger partial charge in [0, 0.05) is 38.9 Å². The van der Waals surface area contributed by atoms with Gasteiger partial charge < -0.3 is 10.0 Å². The molecule has 114 valence electrons. The number of hydrogen-bond acceptors (Lipinski definition) is 3. The molecule has 0 aliphatic carbocycles. The van der Waals surface area contributed by atoms with Crippen molar-refractivity contribution in [2.24, 2.45) is 0 Å². The van der Waals surface area contributed by atoms with Gasteiger partial charge in [-0.2, -0.15) is 0 Å². The Morgan fingerprint density at radius 1 is 1.14 bits per heavy atom. The van der Waals surface area contributed by atoms with Crippen molar-refractivity contribution in [3.63, 3.8) is 0 Å². The summed E-state index contributed by atoms with van der Waals surface area (Å²) >= 11 is 0. The Balaban J connectivity index is 1.92. The Labute approximate surface area is 124 Å². The SMILES string of the molecule is Cc1ccc(N(C)C(=O)N2CCN(CC(=O)O)CC2)cc1. The van der Waals surface area contributed by atoms with Crippen LogP contribution in [0.4, 0.5) is 10.5 Å². The van der Waals surface area contributed by atoms with Crippen LogP contribution in [0, 0.1) is 6.92 Å². The second-order valence-electron chi connectivity index (χ2n) is 5.33. The van der Waals surface area contributed by atoms with Gasteiger partial charge in [0.15, 0.2) is 0 Å². The van der Waals surface area contributed by atoms with Crippen LogP contribution in [0.25, 0.3) is 0 Å². The topological polar surface area (TPSA) is 64.1 Å². The molecule has 2 rings (SSSR count). The van der Waals surface area contributed by atoms with E-state index >= 15 is 0 Å². The maximum absolute atomic E-state index is 12.4. The smallest absolute Gasteiger partial charge is 0.324 e. The molecule has 1 aromatic rings. The number of carboxylic acids is 1. The van der Waals surface area contributed by atoms with Crippen molar-refractivity contribution in [2.45, 2.75) is 6.92 Å². The highest BCUT2D eigenvalue weighted by molar-refractivity contribution is 5.91. The molecule has 2 amide bonds. The van der Waals surface area contributed by atoms with E-state index in [0.717, 1.165) is 11.3 Å². The van der Waals surface area contributed by atoms with Crippen LogP contribution in [-0.4, -0.2) is 66.7 Å². The summed E-state index contributed by atoms with van der Waals surface area (Å²) in [6.45, 7) is 4.35. The second-order valence-corrected chi connectivity index (χ2v) is 5.33. The summed E-state index contributed by atoms with van der Waals surface area (Å²) in [6.07, 6.45) is 0. The highest BCUT2D eigenvalue weighted by Gasteiger charge is 2.24. The third-order valence-corrected chi connectivity index (χ3v) is 3.71. The summed E-state index contributed by atoms with van der Waals surface area (Å²) in [4.78, 5) is 28.3. The third-order valence-electron chi connectivity index (χ3n) is 3.71. The molecule has 1 heterocycles. The first kappa shape index (κ1) is 15.3. The van der Waals surface area contributed by atoms with Gasteiger partial charge in [0.1, 0.15) is 0 Å². The molecular weight excluding hydrogens is 270 g/mol. The minimum Gasteiger partial charge on any atom is -0.480 e. The number of hydrogen-bond donors (Lipinski definition) is 1. The number of aliphatic carboxylic acids is 1. The molecule has 21 heavy (non-hydrogen) atoms. The van der Waals surface area contributed by atoms with Crippen LogP contribution < -0.4 is 4.90 Å². The highest BCUT2D eigenvalue weighted by Crippen LogP contribution is 2.16. The molecule has 1 aliphatic heterocycles. The van der Waals surface area contributed by atoms with Gasteiger partial charge in [-0.15, -0.1) is 0 Å². The fourth-order valence-electron chi connectivity index (χ4n) is 2.38. The van der Waals surface area contributed by atoms with Crippen molar-refractivity contribution in [2.75, 3.05) is 44.7 Å². The monoisotopic (exact) mass is 291 g/mol. The first-order valence-electron chi connectivity index (χ1n) is 7.01. The Kier molecular flexibility index (Phi) is 4.80. The minimum atomic E-state index is -0.827. The van der Waals surface area contributed by atoms with Crippen LogP contribution in [0.3, 0.4) is 0 Å². The predicted molar refractivity (Wildman–Crippen MR) is 80.6 cm³/mol. The highest BCUT2D eigenvalue weighted by atomic mass is 16.4. The van der Waals surface area contributed by atoms with Crippen molar-refractivity contribution in [3.05, 3.63) is 29.8 Å². The van der Waals surface area contributed by atoms with Crippen molar-refractivity contribution < 1.29 is 14.7 Å². The average Bonchev–Trinajstić information content (AvgIpc) is 2.47. The van der Waals surface area contributed by atoms with E-state index in [1.807, 2.05) is 36.1 Å². The number of piperazine rings is 1. The maximum Gasteiger partial charge on any atom is 0.324 e. The number of carboxylic acid groups (broad SMARTS) is 1. The molecule has 0 spiro atoms. The molecule has 1 aliphatic rings. The Hall–Kier alpha value is -2.08. The lowest BCUT2D eigenvalue weighted by atomic mass is 10.2. The van der Waals surface area contributed by atoms with Crippen molar-refractivity contribution in [1.82, 2.24) is 9.80 Å². The number of anilines is 1. The van der Waals surface area contributed by atoms with E-state index in [9.17, 15) is 9.59 Å². The van der Waals surface area contributed by atoms with Gasteiger partial charge in [0.25, 0.3) is 0 Å². The van der Waals surface area contributed by atoms with Crippen LogP contribution in [0.1, 0.15) is 5.56 Å². The lowest BCUT2D eigenvalue weighted by Gasteiger charge is -2.36. The zero-order valence-corrected chi connectivity index (χ0v) is 12.5. The number of rotatable bonds is 3. The number of carbonyl (C=O) groups excluding carboxylic acids is 1. The number of amides is 2. The van der Waals surface area contributed by atoms with Crippen LogP contribution in [0.5, 0.6) is 0 Å². The van der Waals surface area contributed by atoms with Crippen molar-refractivity contribution in [3.8, 4) is 0 Å². The molecule has 0 bridgehead atoms. The van der Waals surface area contributed by atoms with Gasteiger partial charge in [-0.1, -0.05) is 17.7 Å². The minimum absolute atomic E-state index is 0.0375. The van der Waals surface area contributed by atoms with E-state index in [1.54, 1.807) is 16.8 Å². The van der Waals surface area contributed by atoms with Crippen molar-refractivity contribution >= 4 is 17.7 Å². The summed E-state index contributed by atoms with van der Waals surface area (Å²) < 4.78 is 0. The number of urea groups is 1. The number of nitrogens with zero attached hydrogens (tertiary/aromatic N) is 3. The third kappa shape index (κ3) is 3.95. The summed E-state index contributed by atoms with van der Waals surface area (Å²) in [5.41, 5.74) is 2.01. The van der Waals surface area contributed by atoms with E-state index in [0.29, 0.717) is 26.2 Å². The van der Waals surface area contributed by atoms with Crippen molar-refractivity contribution in [1.29, 1.82) is 0 Å². The van der Waals surface area contributed by atoms with Crippen LogP contribution in [0.2, 0.25) is 0 Å². The normalized spacial score (nSPS) is 15.8.